The molecule has 2 amide bonds. The number of nitrogens with one attached hydrogen (secondary N) is 2. The van der Waals surface area contributed by atoms with E-state index < -0.39 is 23.4 Å². The molecule has 2 aromatic carbocycles. The lowest BCUT2D eigenvalue weighted by Crippen LogP contribution is -2.49. The van der Waals surface area contributed by atoms with Crippen molar-refractivity contribution in [3.63, 3.8) is 0 Å². The van der Waals surface area contributed by atoms with Gasteiger partial charge in [0.1, 0.15) is 6.61 Å². The van der Waals surface area contributed by atoms with Crippen LogP contribution in [0.15, 0.2) is 48.5 Å². The maximum atomic E-state index is 12.9. The predicted octanol–water partition coefficient (Wildman–Crippen LogP) is 4.31. The standard InChI is InChI=1S/C28H32N2O5/c31-25(30-17-28(26(32)33)12-5-13-28)19(14-18-10-11-18)15-29-27(34)35-16-24-22-8-3-1-6-20(22)21-7-2-4-9-23(21)24/h1-4,6-9,18-19,24H,5,10-17H2,(H,29,34)(H,30,31)(H,32,33). The number of hydrogen-bond donors (Lipinski definition) is 3. The van der Waals surface area contributed by atoms with Crippen molar-refractivity contribution in [2.75, 3.05) is 19.7 Å². The molecule has 5 rings (SSSR count). The second kappa shape index (κ2) is 9.72. The molecule has 0 aliphatic heterocycles. The monoisotopic (exact) mass is 476 g/mol. The molecule has 2 fully saturated rings. The van der Waals surface area contributed by atoms with Gasteiger partial charge in [-0.3, -0.25) is 9.59 Å². The van der Waals surface area contributed by atoms with E-state index in [2.05, 4.69) is 34.9 Å². The maximum absolute atomic E-state index is 12.9. The summed E-state index contributed by atoms with van der Waals surface area (Å²) < 4.78 is 5.60. The van der Waals surface area contributed by atoms with Crippen LogP contribution >= 0.6 is 0 Å². The molecule has 0 bridgehead atoms. The Bertz CT molecular complexity index is 1080. The summed E-state index contributed by atoms with van der Waals surface area (Å²) in [7, 11) is 0. The molecule has 3 N–H and O–H groups in total. The fourth-order valence-corrected chi connectivity index (χ4v) is 5.37. The normalized spacial score (nSPS) is 18.5. The minimum atomic E-state index is -0.848. The number of carboxylic acids is 1. The summed E-state index contributed by atoms with van der Waals surface area (Å²) in [6.07, 6.45) is 4.39. The first-order chi connectivity index (χ1) is 17.0. The number of amides is 2. The van der Waals surface area contributed by atoms with E-state index in [0.29, 0.717) is 25.2 Å². The van der Waals surface area contributed by atoms with E-state index in [0.717, 1.165) is 30.4 Å². The molecule has 3 aliphatic carbocycles. The molecule has 3 aliphatic rings. The quantitative estimate of drug-likeness (QED) is 0.474. The number of carbonyl (C=O) groups excluding carboxylic acids is 2. The Morgan fingerprint density at radius 1 is 0.971 bits per heavy atom. The van der Waals surface area contributed by atoms with Crippen molar-refractivity contribution in [2.24, 2.45) is 17.3 Å². The molecule has 2 aromatic rings. The first-order valence-electron chi connectivity index (χ1n) is 12.6. The third kappa shape index (κ3) is 4.90. The Hall–Kier alpha value is -3.35. The zero-order valence-electron chi connectivity index (χ0n) is 19.8. The van der Waals surface area contributed by atoms with Crippen LogP contribution in [0.4, 0.5) is 4.79 Å². The average molecular weight is 477 g/mol. The molecule has 7 heteroatoms. The molecule has 0 saturated heterocycles. The van der Waals surface area contributed by atoms with Gasteiger partial charge in [-0.05, 0) is 47.4 Å². The van der Waals surface area contributed by atoms with Crippen LogP contribution in [0.2, 0.25) is 0 Å². The van der Waals surface area contributed by atoms with Gasteiger partial charge in [0.15, 0.2) is 0 Å². The molecular weight excluding hydrogens is 444 g/mol. The van der Waals surface area contributed by atoms with Crippen molar-refractivity contribution in [1.82, 2.24) is 10.6 Å². The van der Waals surface area contributed by atoms with Crippen molar-refractivity contribution in [1.29, 1.82) is 0 Å². The predicted molar refractivity (Wildman–Crippen MR) is 131 cm³/mol. The smallest absolute Gasteiger partial charge is 0.407 e. The number of alkyl carbamates (subject to hydrolysis) is 1. The highest BCUT2D eigenvalue weighted by Gasteiger charge is 2.45. The number of carboxylic acid groups (broad SMARTS) is 1. The van der Waals surface area contributed by atoms with Crippen LogP contribution in [-0.2, 0) is 14.3 Å². The Morgan fingerprint density at radius 2 is 1.60 bits per heavy atom. The van der Waals surface area contributed by atoms with Crippen LogP contribution in [0.25, 0.3) is 11.1 Å². The summed E-state index contributed by atoms with van der Waals surface area (Å²) in [5.41, 5.74) is 3.81. The van der Waals surface area contributed by atoms with Gasteiger partial charge in [0.25, 0.3) is 0 Å². The van der Waals surface area contributed by atoms with Crippen molar-refractivity contribution < 1.29 is 24.2 Å². The van der Waals surface area contributed by atoms with Crippen molar-refractivity contribution >= 4 is 18.0 Å². The fourth-order valence-electron chi connectivity index (χ4n) is 5.37. The molecule has 1 unspecified atom stereocenters. The minimum Gasteiger partial charge on any atom is -0.481 e. The molecule has 0 spiro atoms. The zero-order valence-corrected chi connectivity index (χ0v) is 19.8. The first-order valence-corrected chi connectivity index (χ1v) is 12.6. The lowest BCUT2D eigenvalue weighted by atomic mass is 9.68. The van der Waals surface area contributed by atoms with Gasteiger partial charge in [-0.1, -0.05) is 67.8 Å². The van der Waals surface area contributed by atoms with E-state index >= 15 is 0 Å². The van der Waals surface area contributed by atoms with Crippen LogP contribution in [0.1, 0.15) is 55.6 Å². The number of carbonyl (C=O) groups is 3. The van der Waals surface area contributed by atoms with Crippen molar-refractivity contribution in [2.45, 2.75) is 44.4 Å². The highest BCUT2D eigenvalue weighted by atomic mass is 16.5. The van der Waals surface area contributed by atoms with Crippen LogP contribution in [0, 0.1) is 17.3 Å². The van der Waals surface area contributed by atoms with Gasteiger partial charge in [0.2, 0.25) is 5.91 Å². The lowest BCUT2D eigenvalue weighted by Gasteiger charge is -2.37. The fraction of sp³-hybridized carbons (Fsp3) is 0.464. The summed E-state index contributed by atoms with van der Waals surface area (Å²) in [5.74, 6) is -0.961. The minimum absolute atomic E-state index is 0.0200. The molecule has 184 valence electrons. The number of fused-ring (bicyclic) bond motifs is 3. The molecule has 7 nitrogen and oxygen atoms in total. The number of ether oxygens (including phenoxy) is 1. The molecule has 2 saturated carbocycles. The Balaban J connectivity index is 1.15. The van der Waals surface area contributed by atoms with E-state index in [1.165, 1.54) is 11.1 Å². The second-order valence-corrected chi connectivity index (χ2v) is 10.2. The summed E-state index contributed by atoms with van der Waals surface area (Å²) in [6.45, 7) is 0.548. The third-order valence-corrected chi connectivity index (χ3v) is 7.89. The average Bonchev–Trinajstić information content (AvgIpc) is 3.60. The number of benzene rings is 2. The largest absolute Gasteiger partial charge is 0.481 e. The molecule has 0 heterocycles. The van der Waals surface area contributed by atoms with Gasteiger partial charge in [-0.2, -0.15) is 0 Å². The zero-order chi connectivity index (χ0) is 24.4. The van der Waals surface area contributed by atoms with Crippen molar-refractivity contribution in [3.05, 3.63) is 59.7 Å². The third-order valence-electron chi connectivity index (χ3n) is 7.89. The summed E-state index contributed by atoms with van der Waals surface area (Å²) in [4.78, 5) is 37.0. The maximum Gasteiger partial charge on any atom is 0.407 e. The first kappa shape index (κ1) is 23.4. The van der Waals surface area contributed by atoms with Crippen LogP contribution < -0.4 is 10.6 Å². The van der Waals surface area contributed by atoms with Crippen molar-refractivity contribution in [3.8, 4) is 11.1 Å². The second-order valence-electron chi connectivity index (χ2n) is 10.2. The van der Waals surface area contributed by atoms with Gasteiger partial charge < -0.3 is 20.5 Å². The van der Waals surface area contributed by atoms with Gasteiger partial charge >= 0.3 is 12.1 Å². The molecule has 1 atom stereocenters. The number of hydrogen-bond acceptors (Lipinski definition) is 4. The summed E-state index contributed by atoms with van der Waals surface area (Å²) in [5, 5.41) is 15.1. The molecule has 0 radical (unpaired) electrons. The SMILES string of the molecule is O=C(NCC(CC1CC1)C(=O)NCC1(C(=O)O)CCC1)OCC1c2ccccc2-c2ccccc21. The number of rotatable bonds is 10. The highest BCUT2D eigenvalue weighted by molar-refractivity contribution is 5.82. The number of aliphatic carboxylic acids is 1. The van der Waals surface area contributed by atoms with Crippen LogP contribution in [0.3, 0.4) is 0 Å². The van der Waals surface area contributed by atoms with E-state index in [1.54, 1.807) is 0 Å². The van der Waals surface area contributed by atoms with Crippen LogP contribution in [0.5, 0.6) is 0 Å². The highest BCUT2D eigenvalue weighted by Crippen LogP contribution is 2.44. The summed E-state index contributed by atoms with van der Waals surface area (Å²) in [6, 6.07) is 16.3. The summed E-state index contributed by atoms with van der Waals surface area (Å²) >= 11 is 0. The Kier molecular flexibility index (Phi) is 6.50. The Morgan fingerprint density at radius 3 is 2.14 bits per heavy atom. The van der Waals surface area contributed by atoms with E-state index in [-0.39, 0.29) is 31.5 Å². The van der Waals surface area contributed by atoms with Gasteiger partial charge in [0, 0.05) is 19.0 Å². The molecule has 35 heavy (non-hydrogen) atoms. The van der Waals surface area contributed by atoms with E-state index in [9.17, 15) is 19.5 Å². The Labute approximate surface area is 205 Å². The molecular formula is C28H32N2O5. The van der Waals surface area contributed by atoms with Gasteiger partial charge in [-0.15, -0.1) is 0 Å². The lowest BCUT2D eigenvalue weighted by molar-refractivity contribution is -0.154. The van der Waals surface area contributed by atoms with Gasteiger partial charge in [-0.25, -0.2) is 4.79 Å². The van der Waals surface area contributed by atoms with Gasteiger partial charge in [0.05, 0.1) is 11.3 Å². The van der Waals surface area contributed by atoms with E-state index in [1.807, 2.05) is 24.3 Å². The van der Waals surface area contributed by atoms with E-state index in [4.69, 9.17) is 4.74 Å². The topological polar surface area (TPSA) is 105 Å². The molecule has 0 aromatic heterocycles. The van der Waals surface area contributed by atoms with Crippen LogP contribution in [-0.4, -0.2) is 42.8 Å².